The molecule has 0 fully saturated rings. The zero-order valence-electron chi connectivity index (χ0n) is 11.9. The van der Waals surface area contributed by atoms with Gasteiger partial charge < -0.3 is 15.8 Å². The highest BCUT2D eigenvalue weighted by Gasteiger charge is 2.18. The summed E-state index contributed by atoms with van der Waals surface area (Å²) in [5.41, 5.74) is 7.34. The molecule has 0 radical (unpaired) electrons. The summed E-state index contributed by atoms with van der Waals surface area (Å²) < 4.78 is 0. The van der Waals surface area contributed by atoms with E-state index in [1.54, 1.807) is 18.3 Å². The standard InChI is InChI=1S/C15H17ClN4O/c1-10(11-5-3-6-12(16)9-11)20(2)15-13(14(17)19-21)7-4-8-18-15/h3-10,21H,1-2H3,(H2,17,19). The lowest BCUT2D eigenvalue weighted by atomic mass is 10.1. The van der Waals surface area contributed by atoms with Gasteiger partial charge in [0.25, 0.3) is 0 Å². The number of pyridine rings is 1. The topological polar surface area (TPSA) is 74.7 Å². The van der Waals surface area contributed by atoms with Crippen LogP contribution < -0.4 is 10.6 Å². The first kappa shape index (κ1) is 15.1. The molecular weight excluding hydrogens is 288 g/mol. The van der Waals surface area contributed by atoms with Crippen LogP contribution in [0.15, 0.2) is 47.8 Å². The van der Waals surface area contributed by atoms with E-state index in [9.17, 15) is 0 Å². The predicted molar refractivity (Wildman–Crippen MR) is 85.0 cm³/mol. The second-order valence-corrected chi connectivity index (χ2v) is 5.14. The molecule has 5 nitrogen and oxygen atoms in total. The third-order valence-corrected chi connectivity index (χ3v) is 3.65. The number of rotatable bonds is 4. The molecule has 0 saturated carbocycles. The van der Waals surface area contributed by atoms with Crippen molar-refractivity contribution in [3.8, 4) is 0 Å². The normalized spacial score (nSPS) is 13.0. The molecule has 0 aliphatic carbocycles. The predicted octanol–water partition coefficient (Wildman–Crippen LogP) is 3.03. The maximum atomic E-state index is 8.89. The Morgan fingerprint density at radius 1 is 1.38 bits per heavy atom. The molecule has 0 amide bonds. The van der Waals surface area contributed by atoms with Crippen LogP contribution in [-0.2, 0) is 0 Å². The van der Waals surface area contributed by atoms with Crippen LogP contribution >= 0.6 is 11.6 Å². The van der Waals surface area contributed by atoms with Crippen LogP contribution in [-0.4, -0.2) is 23.1 Å². The fourth-order valence-electron chi connectivity index (χ4n) is 2.11. The van der Waals surface area contributed by atoms with E-state index in [1.807, 2.05) is 43.1 Å². The lowest BCUT2D eigenvalue weighted by molar-refractivity contribution is 0.318. The molecule has 110 valence electrons. The number of aromatic nitrogens is 1. The maximum Gasteiger partial charge on any atom is 0.173 e. The molecule has 0 aliphatic heterocycles. The molecule has 3 N–H and O–H groups in total. The zero-order chi connectivity index (χ0) is 15.4. The molecule has 1 aromatic carbocycles. The van der Waals surface area contributed by atoms with Gasteiger partial charge in [0, 0.05) is 18.3 Å². The first-order valence-corrected chi connectivity index (χ1v) is 6.83. The molecule has 6 heteroatoms. The zero-order valence-corrected chi connectivity index (χ0v) is 12.6. The molecular formula is C15H17ClN4O. The van der Waals surface area contributed by atoms with Gasteiger partial charge in [-0.15, -0.1) is 0 Å². The number of hydrogen-bond donors (Lipinski definition) is 2. The number of oxime groups is 1. The van der Waals surface area contributed by atoms with Crippen molar-refractivity contribution in [2.24, 2.45) is 10.9 Å². The van der Waals surface area contributed by atoms with Crippen LogP contribution in [0.25, 0.3) is 0 Å². The average molecular weight is 305 g/mol. The van der Waals surface area contributed by atoms with Gasteiger partial charge in [0.1, 0.15) is 5.82 Å². The van der Waals surface area contributed by atoms with Crippen LogP contribution in [0, 0.1) is 0 Å². The van der Waals surface area contributed by atoms with Crippen molar-refractivity contribution in [2.75, 3.05) is 11.9 Å². The minimum Gasteiger partial charge on any atom is -0.409 e. The number of amidine groups is 1. The van der Waals surface area contributed by atoms with Crippen molar-refractivity contribution >= 4 is 23.3 Å². The van der Waals surface area contributed by atoms with Crippen molar-refractivity contribution in [1.82, 2.24) is 4.98 Å². The largest absolute Gasteiger partial charge is 0.409 e. The monoisotopic (exact) mass is 304 g/mol. The van der Waals surface area contributed by atoms with Crippen molar-refractivity contribution in [3.63, 3.8) is 0 Å². The van der Waals surface area contributed by atoms with E-state index in [0.717, 1.165) is 5.56 Å². The highest BCUT2D eigenvalue weighted by atomic mass is 35.5. The highest BCUT2D eigenvalue weighted by Crippen LogP contribution is 2.27. The third kappa shape index (κ3) is 3.25. The Hall–Kier alpha value is -2.27. The molecule has 1 heterocycles. The van der Waals surface area contributed by atoms with Gasteiger partial charge in [0.05, 0.1) is 11.6 Å². The molecule has 2 rings (SSSR count). The molecule has 1 atom stereocenters. The Kier molecular flexibility index (Phi) is 4.65. The van der Waals surface area contributed by atoms with Gasteiger partial charge >= 0.3 is 0 Å². The molecule has 2 aromatic rings. The van der Waals surface area contributed by atoms with Gasteiger partial charge in [-0.3, -0.25) is 0 Å². The Labute approximate surface area is 128 Å². The molecule has 0 bridgehead atoms. The molecule has 21 heavy (non-hydrogen) atoms. The smallest absolute Gasteiger partial charge is 0.173 e. The lowest BCUT2D eigenvalue weighted by Crippen LogP contribution is -2.26. The van der Waals surface area contributed by atoms with Crippen LogP contribution in [0.3, 0.4) is 0 Å². The summed E-state index contributed by atoms with van der Waals surface area (Å²) in [5.74, 6) is 0.670. The quantitative estimate of drug-likeness (QED) is 0.394. The molecule has 0 spiro atoms. The Balaban J connectivity index is 2.38. The SMILES string of the molecule is CC(c1cccc(Cl)c1)N(C)c1ncccc1C(N)=NO. The average Bonchev–Trinajstić information content (AvgIpc) is 2.52. The van der Waals surface area contributed by atoms with Gasteiger partial charge in [-0.2, -0.15) is 0 Å². The van der Waals surface area contributed by atoms with Crippen molar-refractivity contribution in [3.05, 3.63) is 58.7 Å². The lowest BCUT2D eigenvalue weighted by Gasteiger charge is -2.28. The molecule has 0 aliphatic rings. The summed E-state index contributed by atoms with van der Waals surface area (Å²) in [5, 5.41) is 12.6. The number of hydrogen-bond acceptors (Lipinski definition) is 4. The fraction of sp³-hybridized carbons (Fsp3) is 0.200. The van der Waals surface area contributed by atoms with Crippen LogP contribution in [0.4, 0.5) is 5.82 Å². The number of anilines is 1. The van der Waals surface area contributed by atoms with E-state index >= 15 is 0 Å². The summed E-state index contributed by atoms with van der Waals surface area (Å²) in [7, 11) is 1.90. The minimum absolute atomic E-state index is 0.0308. The Morgan fingerprint density at radius 3 is 2.81 bits per heavy atom. The van der Waals surface area contributed by atoms with Gasteiger partial charge in [-0.1, -0.05) is 28.9 Å². The maximum absolute atomic E-state index is 8.89. The Bertz CT molecular complexity index is 660. The van der Waals surface area contributed by atoms with E-state index in [4.69, 9.17) is 22.5 Å². The van der Waals surface area contributed by atoms with E-state index in [2.05, 4.69) is 10.1 Å². The van der Waals surface area contributed by atoms with Gasteiger partial charge in [-0.05, 0) is 36.8 Å². The van der Waals surface area contributed by atoms with Gasteiger partial charge in [0.2, 0.25) is 0 Å². The minimum atomic E-state index is 0.0308. The third-order valence-electron chi connectivity index (χ3n) is 3.42. The van der Waals surface area contributed by atoms with E-state index < -0.39 is 0 Å². The summed E-state index contributed by atoms with van der Waals surface area (Å²) in [6.45, 7) is 2.04. The highest BCUT2D eigenvalue weighted by molar-refractivity contribution is 6.30. The van der Waals surface area contributed by atoms with Crippen molar-refractivity contribution in [1.29, 1.82) is 0 Å². The van der Waals surface area contributed by atoms with Crippen LogP contribution in [0.5, 0.6) is 0 Å². The van der Waals surface area contributed by atoms with Crippen LogP contribution in [0.1, 0.15) is 24.1 Å². The summed E-state index contributed by atoms with van der Waals surface area (Å²) in [4.78, 5) is 6.30. The summed E-state index contributed by atoms with van der Waals surface area (Å²) in [6, 6.07) is 11.2. The number of halogens is 1. The molecule has 1 unspecified atom stereocenters. The Morgan fingerprint density at radius 2 is 2.14 bits per heavy atom. The van der Waals surface area contributed by atoms with E-state index in [0.29, 0.717) is 16.4 Å². The number of nitrogens with zero attached hydrogens (tertiary/aromatic N) is 3. The first-order chi connectivity index (χ1) is 10.0. The fourth-order valence-corrected chi connectivity index (χ4v) is 2.30. The second-order valence-electron chi connectivity index (χ2n) is 4.70. The first-order valence-electron chi connectivity index (χ1n) is 6.45. The van der Waals surface area contributed by atoms with Crippen LogP contribution in [0.2, 0.25) is 5.02 Å². The number of benzene rings is 1. The molecule has 0 saturated heterocycles. The van der Waals surface area contributed by atoms with Gasteiger partial charge in [-0.25, -0.2) is 4.98 Å². The van der Waals surface area contributed by atoms with Gasteiger partial charge in [0.15, 0.2) is 5.84 Å². The summed E-state index contributed by atoms with van der Waals surface area (Å²) >= 11 is 6.04. The second kappa shape index (κ2) is 6.45. The van der Waals surface area contributed by atoms with E-state index in [1.165, 1.54) is 0 Å². The van der Waals surface area contributed by atoms with Crippen molar-refractivity contribution < 1.29 is 5.21 Å². The number of nitrogens with two attached hydrogens (primary N) is 1. The molecule has 1 aromatic heterocycles. The summed E-state index contributed by atoms with van der Waals surface area (Å²) in [6.07, 6.45) is 1.67. The van der Waals surface area contributed by atoms with E-state index in [-0.39, 0.29) is 11.9 Å². The van der Waals surface area contributed by atoms with Crippen molar-refractivity contribution in [2.45, 2.75) is 13.0 Å².